The minimum atomic E-state index is -8.04. The second-order valence-corrected chi connectivity index (χ2v) is 11.4. The first-order valence-electron chi connectivity index (χ1n) is 14.3. The molecule has 6 nitrogen and oxygen atoms in total. The number of alkyl halides is 13. The Hall–Kier alpha value is -3.48. The minimum absolute atomic E-state index is 0.0417. The highest BCUT2D eigenvalue weighted by Crippen LogP contribution is 2.60. The number of unbranched alkanes of at least 4 members (excludes halogenated alkanes) is 3. The minimum Gasteiger partial charge on any atom is -0.494 e. The van der Waals surface area contributed by atoms with Gasteiger partial charge in [-0.25, -0.2) is 4.79 Å². The zero-order chi connectivity index (χ0) is 36.9. The monoisotopic (exact) mass is 732 g/mol. The molecule has 0 unspecified atom stereocenters. The topological polar surface area (TPSA) is 63.2 Å². The summed E-state index contributed by atoms with van der Waals surface area (Å²) < 4.78 is 197. The number of esters is 1. The molecule has 19 heteroatoms. The summed E-state index contributed by atoms with van der Waals surface area (Å²) in [6.45, 7) is 5.18. The maximum atomic E-state index is 14.0. The molecule has 276 valence electrons. The van der Waals surface area contributed by atoms with Gasteiger partial charge in [0.1, 0.15) is 17.2 Å². The Morgan fingerprint density at radius 2 is 1.14 bits per heavy atom. The molecule has 49 heavy (non-hydrogen) atoms. The highest BCUT2D eigenvalue weighted by atomic mass is 19.4. The second kappa shape index (κ2) is 14.8. The van der Waals surface area contributed by atoms with Gasteiger partial charge in [0, 0.05) is 12.0 Å². The van der Waals surface area contributed by atoms with Gasteiger partial charge in [0.2, 0.25) is 0 Å². The van der Waals surface area contributed by atoms with Crippen molar-refractivity contribution in [2.75, 3.05) is 33.0 Å². The van der Waals surface area contributed by atoms with Crippen molar-refractivity contribution in [3.05, 3.63) is 54.1 Å². The van der Waals surface area contributed by atoms with Crippen molar-refractivity contribution in [1.82, 2.24) is 0 Å². The Morgan fingerprint density at radius 1 is 0.653 bits per heavy atom. The quantitative estimate of drug-likeness (QED) is 0.0661. The first kappa shape index (κ1) is 40.0. The molecular formula is C30H29F13O6. The molecule has 0 aliphatic carbocycles. The number of carbonyl (C=O) groups is 1. The Balaban J connectivity index is 1.48. The van der Waals surface area contributed by atoms with E-state index in [1.807, 2.05) is 0 Å². The molecule has 1 aliphatic rings. The van der Waals surface area contributed by atoms with Crippen molar-refractivity contribution >= 4 is 5.97 Å². The van der Waals surface area contributed by atoms with Gasteiger partial charge >= 0.3 is 41.9 Å². The van der Waals surface area contributed by atoms with Gasteiger partial charge in [-0.2, -0.15) is 57.1 Å². The van der Waals surface area contributed by atoms with Gasteiger partial charge in [-0.1, -0.05) is 13.3 Å². The van der Waals surface area contributed by atoms with Crippen molar-refractivity contribution in [1.29, 1.82) is 0 Å². The van der Waals surface area contributed by atoms with Crippen LogP contribution in [-0.4, -0.2) is 75.0 Å². The van der Waals surface area contributed by atoms with Crippen molar-refractivity contribution in [2.45, 2.75) is 68.6 Å². The van der Waals surface area contributed by atoms with E-state index in [-0.39, 0.29) is 11.0 Å². The molecule has 3 rings (SSSR count). The first-order valence-corrected chi connectivity index (χ1v) is 14.3. The van der Waals surface area contributed by atoms with Crippen LogP contribution in [-0.2, 0) is 9.47 Å². The van der Waals surface area contributed by atoms with Gasteiger partial charge in [0.25, 0.3) is 0 Å². The molecule has 0 amide bonds. The number of benzene rings is 2. The van der Waals surface area contributed by atoms with E-state index in [0.717, 1.165) is 25.7 Å². The predicted octanol–water partition coefficient (Wildman–Crippen LogP) is 8.97. The van der Waals surface area contributed by atoms with E-state index in [1.165, 1.54) is 24.3 Å². The molecule has 2 aromatic carbocycles. The number of rotatable bonds is 18. The normalized spacial score (nSPS) is 15.8. The number of halogens is 13. The maximum absolute atomic E-state index is 14.0. The smallest absolute Gasteiger partial charge is 0.471 e. The second-order valence-electron chi connectivity index (χ2n) is 11.4. The highest BCUT2D eigenvalue weighted by molar-refractivity contribution is 5.91. The van der Waals surface area contributed by atoms with Crippen molar-refractivity contribution < 1.29 is 85.6 Å². The SMILES string of the molecule is CC1(COCCCCCCOc2ccc(C(=O)Oc3ccc(OC(F)(F)C(F)(F)C(F)(F)C(F)(F)C(F)(F)C(F)(F)F)cc3)cc2)COC1. The molecule has 1 saturated heterocycles. The fraction of sp³-hybridized carbons (Fsp3) is 0.567. The number of hydrogen-bond acceptors (Lipinski definition) is 6. The lowest BCUT2D eigenvalue weighted by Gasteiger charge is -2.39. The van der Waals surface area contributed by atoms with Crippen LogP contribution in [0.15, 0.2) is 48.5 Å². The van der Waals surface area contributed by atoms with Crippen LogP contribution in [0.25, 0.3) is 0 Å². The van der Waals surface area contributed by atoms with Crippen LogP contribution < -0.4 is 14.2 Å². The zero-order valence-electron chi connectivity index (χ0n) is 25.3. The summed E-state index contributed by atoms with van der Waals surface area (Å²) in [5.41, 5.74) is 0.0570. The Labute approximate surface area is 270 Å². The molecule has 0 atom stereocenters. The Kier molecular flexibility index (Phi) is 12.1. The van der Waals surface area contributed by atoms with Crippen molar-refractivity contribution in [3.63, 3.8) is 0 Å². The highest BCUT2D eigenvalue weighted by Gasteiger charge is 2.91. The van der Waals surface area contributed by atoms with E-state index >= 15 is 0 Å². The summed E-state index contributed by atoms with van der Waals surface area (Å²) in [6, 6.07) is 7.33. The van der Waals surface area contributed by atoms with E-state index in [1.54, 1.807) is 0 Å². The first-order chi connectivity index (χ1) is 22.5. The molecule has 0 radical (unpaired) electrons. The van der Waals surface area contributed by atoms with Crippen molar-refractivity contribution in [3.8, 4) is 17.2 Å². The van der Waals surface area contributed by atoms with Crippen LogP contribution in [0.4, 0.5) is 57.1 Å². The van der Waals surface area contributed by atoms with E-state index in [4.69, 9.17) is 18.9 Å². The molecule has 1 fully saturated rings. The van der Waals surface area contributed by atoms with Gasteiger partial charge in [0.05, 0.1) is 32.0 Å². The molecule has 2 aromatic rings. The Bertz CT molecular complexity index is 1380. The third-order valence-electron chi connectivity index (χ3n) is 7.08. The van der Waals surface area contributed by atoms with Gasteiger partial charge in [-0.3, -0.25) is 0 Å². The van der Waals surface area contributed by atoms with Crippen molar-refractivity contribution in [2.24, 2.45) is 5.41 Å². The van der Waals surface area contributed by atoms with E-state index in [9.17, 15) is 61.9 Å². The van der Waals surface area contributed by atoms with Gasteiger partial charge in [0.15, 0.2) is 0 Å². The maximum Gasteiger partial charge on any atom is 0.471 e. The molecule has 0 aromatic heterocycles. The van der Waals surface area contributed by atoms with Crippen LogP contribution >= 0.6 is 0 Å². The summed E-state index contributed by atoms with van der Waals surface area (Å²) in [5.74, 6) is -34.0. The fourth-order valence-corrected chi connectivity index (χ4v) is 4.10. The molecular weight excluding hydrogens is 703 g/mol. The van der Waals surface area contributed by atoms with Crippen LogP contribution in [0.3, 0.4) is 0 Å². The third kappa shape index (κ3) is 8.82. The van der Waals surface area contributed by atoms with Gasteiger partial charge in [-0.15, -0.1) is 0 Å². The lowest BCUT2D eigenvalue weighted by molar-refractivity contribution is -0.456. The number of carbonyl (C=O) groups excluding carboxylic acids is 1. The van der Waals surface area contributed by atoms with Gasteiger partial charge < -0.3 is 23.7 Å². The fourth-order valence-electron chi connectivity index (χ4n) is 4.10. The summed E-state index contributed by atoms with van der Waals surface area (Å²) in [5, 5.41) is 0. The van der Waals surface area contributed by atoms with E-state index < -0.39 is 53.4 Å². The van der Waals surface area contributed by atoms with Crippen LogP contribution in [0.1, 0.15) is 43.0 Å². The lowest BCUT2D eigenvalue weighted by Crippen LogP contribution is -2.70. The summed E-state index contributed by atoms with van der Waals surface area (Å²) in [4.78, 5) is 12.4. The van der Waals surface area contributed by atoms with Crippen LogP contribution in [0, 0.1) is 5.41 Å². The molecule has 1 heterocycles. The standard InChI is InChI=1S/C30H29F13O6/c1-24(17-46-18-24)16-45-14-4-2-3-5-15-47-20-8-6-19(7-9-20)23(44)48-21-10-12-22(13-11-21)49-30(42,43)28(37,38)26(33,34)25(31,32)27(35,36)29(39,40)41/h6-13H,2-5,14-18H2,1H3. The van der Waals surface area contributed by atoms with Gasteiger partial charge in [-0.05, 0) is 67.8 Å². The summed E-state index contributed by atoms with van der Waals surface area (Å²) in [7, 11) is 0. The van der Waals surface area contributed by atoms with E-state index in [2.05, 4.69) is 11.7 Å². The molecule has 1 aliphatic heterocycles. The largest absolute Gasteiger partial charge is 0.494 e. The summed E-state index contributed by atoms with van der Waals surface area (Å²) in [6.07, 6.45) is -10.8. The molecule has 0 bridgehead atoms. The van der Waals surface area contributed by atoms with E-state index in [0.29, 0.717) is 63.0 Å². The third-order valence-corrected chi connectivity index (χ3v) is 7.08. The average molecular weight is 733 g/mol. The average Bonchev–Trinajstić information content (AvgIpc) is 2.99. The Morgan fingerprint density at radius 3 is 1.65 bits per heavy atom. The summed E-state index contributed by atoms with van der Waals surface area (Å²) >= 11 is 0. The predicted molar refractivity (Wildman–Crippen MR) is 143 cm³/mol. The molecule has 0 saturated carbocycles. The lowest BCUT2D eigenvalue weighted by atomic mass is 9.90. The number of ether oxygens (including phenoxy) is 5. The number of hydrogen-bond donors (Lipinski definition) is 0. The van der Waals surface area contributed by atoms with Crippen LogP contribution in [0.5, 0.6) is 17.2 Å². The molecule has 0 N–H and O–H groups in total. The molecule has 0 spiro atoms. The zero-order valence-corrected chi connectivity index (χ0v) is 25.3. The van der Waals surface area contributed by atoms with Crippen LogP contribution in [0.2, 0.25) is 0 Å².